The van der Waals surface area contributed by atoms with Gasteiger partial charge in [0.25, 0.3) is 15.7 Å². The van der Waals surface area contributed by atoms with Gasteiger partial charge in [-0.1, -0.05) is 12.1 Å². The lowest BCUT2D eigenvalue weighted by molar-refractivity contribution is -0.387. The molecule has 0 aliphatic rings. The molecule has 0 fully saturated rings. The van der Waals surface area contributed by atoms with E-state index in [1.54, 1.807) is 11.4 Å². The van der Waals surface area contributed by atoms with Gasteiger partial charge in [-0.05, 0) is 22.9 Å². The maximum absolute atomic E-state index is 12.0. The van der Waals surface area contributed by atoms with Gasteiger partial charge in [-0.3, -0.25) is 10.1 Å². The lowest BCUT2D eigenvalue weighted by atomic mass is 10.3. The van der Waals surface area contributed by atoms with Gasteiger partial charge in [0.15, 0.2) is 4.90 Å². The second-order valence-electron chi connectivity index (χ2n) is 3.63. The number of hydrazone groups is 1. The van der Waals surface area contributed by atoms with E-state index >= 15 is 0 Å². The maximum Gasteiger partial charge on any atom is 0.289 e. The highest BCUT2D eigenvalue weighted by Crippen LogP contribution is 2.22. The zero-order chi connectivity index (χ0) is 14.6. The van der Waals surface area contributed by atoms with Crippen molar-refractivity contribution < 1.29 is 13.3 Å². The highest BCUT2D eigenvalue weighted by molar-refractivity contribution is 7.89. The molecular formula is C11H9N3O4S2. The third-order valence-corrected chi connectivity index (χ3v) is 4.25. The molecule has 9 heteroatoms. The molecule has 7 nitrogen and oxygen atoms in total. The third kappa shape index (κ3) is 3.19. The monoisotopic (exact) mass is 311 g/mol. The van der Waals surface area contributed by atoms with Crippen molar-refractivity contribution in [1.29, 1.82) is 0 Å². The van der Waals surface area contributed by atoms with Crippen LogP contribution >= 0.6 is 11.3 Å². The van der Waals surface area contributed by atoms with Crippen LogP contribution in [0.5, 0.6) is 0 Å². The van der Waals surface area contributed by atoms with Crippen molar-refractivity contribution in [2.75, 3.05) is 0 Å². The first kappa shape index (κ1) is 14.2. The van der Waals surface area contributed by atoms with E-state index in [4.69, 9.17) is 0 Å². The highest BCUT2D eigenvalue weighted by atomic mass is 32.2. The molecule has 0 spiro atoms. The lowest BCUT2D eigenvalue weighted by Crippen LogP contribution is -2.19. The molecule has 0 saturated carbocycles. The van der Waals surface area contributed by atoms with Crippen molar-refractivity contribution in [3.8, 4) is 0 Å². The number of para-hydroxylation sites is 1. The fourth-order valence-electron chi connectivity index (χ4n) is 1.40. The summed E-state index contributed by atoms with van der Waals surface area (Å²) < 4.78 is 23.9. The van der Waals surface area contributed by atoms with Crippen LogP contribution in [0, 0.1) is 10.1 Å². The zero-order valence-corrected chi connectivity index (χ0v) is 11.6. The number of nitro groups is 1. The number of hydrogen-bond acceptors (Lipinski definition) is 6. The third-order valence-electron chi connectivity index (χ3n) is 2.28. The molecule has 0 radical (unpaired) electrons. The molecule has 2 rings (SSSR count). The van der Waals surface area contributed by atoms with E-state index in [1.807, 2.05) is 10.2 Å². The number of rotatable bonds is 5. The standard InChI is InChI=1S/C11H9N3O4S2/c15-14(16)10-3-1-2-4-11(10)20(17,18)13-12-7-9-5-6-19-8-9/h1-8,13H/b12-7+. The van der Waals surface area contributed by atoms with E-state index in [0.29, 0.717) is 0 Å². The smallest absolute Gasteiger partial charge is 0.258 e. The molecule has 1 N–H and O–H groups in total. The van der Waals surface area contributed by atoms with Gasteiger partial charge in [-0.25, -0.2) is 0 Å². The Morgan fingerprint density at radius 1 is 1.30 bits per heavy atom. The molecule has 0 aliphatic carbocycles. The van der Waals surface area contributed by atoms with E-state index in [2.05, 4.69) is 5.10 Å². The molecular weight excluding hydrogens is 302 g/mol. The minimum atomic E-state index is -4.08. The molecule has 0 saturated heterocycles. The van der Waals surface area contributed by atoms with Crippen LogP contribution in [0.1, 0.15) is 5.56 Å². The molecule has 2 aromatic rings. The van der Waals surface area contributed by atoms with Gasteiger partial charge < -0.3 is 0 Å². The predicted octanol–water partition coefficient (Wildman–Crippen LogP) is 1.97. The van der Waals surface area contributed by atoms with Crippen LogP contribution in [-0.4, -0.2) is 19.6 Å². The quantitative estimate of drug-likeness (QED) is 0.518. The second kappa shape index (κ2) is 5.80. The van der Waals surface area contributed by atoms with Crippen molar-refractivity contribution in [1.82, 2.24) is 4.83 Å². The van der Waals surface area contributed by atoms with Crippen molar-refractivity contribution in [3.05, 3.63) is 56.8 Å². The number of hydrogen-bond donors (Lipinski definition) is 1. The summed E-state index contributed by atoms with van der Waals surface area (Å²) in [4.78, 5) is 11.6. The van der Waals surface area contributed by atoms with Crippen LogP contribution in [0.4, 0.5) is 5.69 Å². The van der Waals surface area contributed by atoms with Gasteiger partial charge in [0.1, 0.15) is 0 Å². The number of benzene rings is 1. The summed E-state index contributed by atoms with van der Waals surface area (Å²) in [6, 6.07) is 6.83. The van der Waals surface area contributed by atoms with Gasteiger partial charge >= 0.3 is 0 Å². The molecule has 1 aromatic heterocycles. The molecule has 0 atom stereocenters. The number of sulfonamides is 1. The number of nitrogens with zero attached hydrogens (tertiary/aromatic N) is 2. The average molecular weight is 311 g/mol. The van der Waals surface area contributed by atoms with Crippen molar-refractivity contribution >= 4 is 33.3 Å². The number of nitro benzene ring substituents is 1. The van der Waals surface area contributed by atoms with Crippen LogP contribution in [0.2, 0.25) is 0 Å². The van der Waals surface area contributed by atoms with E-state index in [-0.39, 0.29) is 0 Å². The molecule has 0 aliphatic heterocycles. The summed E-state index contributed by atoms with van der Waals surface area (Å²) in [5.74, 6) is 0. The largest absolute Gasteiger partial charge is 0.289 e. The first-order chi connectivity index (χ1) is 9.50. The highest BCUT2D eigenvalue weighted by Gasteiger charge is 2.24. The number of nitrogens with one attached hydrogen (secondary N) is 1. The first-order valence-corrected chi connectivity index (χ1v) is 7.74. The summed E-state index contributed by atoms with van der Waals surface area (Å²) >= 11 is 1.44. The number of thiophene rings is 1. The lowest BCUT2D eigenvalue weighted by Gasteiger charge is -2.03. The van der Waals surface area contributed by atoms with Crippen LogP contribution < -0.4 is 4.83 Å². The summed E-state index contributed by atoms with van der Waals surface area (Å²) in [6.45, 7) is 0. The fourth-order valence-corrected chi connectivity index (χ4v) is 2.98. The van der Waals surface area contributed by atoms with Crippen molar-refractivity contribution in [3.63, 3.8) is 0 Å². The Bertz CT molecular complexity index is 739. The van der Waals surface area contributed by atoms with Crippen molar-refractivity contribution in [2.45, 2.75) is 4.90 Å². The molecule has 20 heavy (non-hydrogen) atoms. The van der Waals surface area contributed by atoms with Crippen LogP contribution in [-0.2, 0) is 10.0 Å². The Balaban J connectivity index is 2.25. The topological polar surface area (TPSA) is 102 Å². The SMILES string of the molecule is O=[N+]([O-])c1ccccc1S(=O)(=O)N/N=C/c1ccsc1. The van der Waals surface area contributed by atoms with Crippen molar-refractivity contribution in [2.24, 2.45) is 5.10 Å². The molecule has 1 aromatic carbocycles. The van der Waals surface area contributed by atoms with Gasteiger partial charge in [0, 0.05) is 11.6 Å². The average Bonchev–Trinajstić information content (AvgIpc) is 2.91. The predicted molar refractivity (Wildman–Crippen MR) is 75.3 cm³/mol. The van der Waals surface area contributed by atoms with E-state index in [0.717, 1.165) is 17.7 Å². The molecule has 0 bridgehead atoms. The van der Waals surface area contributed by atoms with Gasteiger partial charge in [-0.2, -0.15) is 29.7 Å². The van der Waals surface area contributed by atoms with Gasteiger partial charge in [-0.15, -0.1) is 0 Å². The minimum Gasteiger partial charge on any atom is -0.258 e. The Hall–Kier alpha value is -2.26. The minimum absolute atomic E-state index is 0.424. The fraction of sp³-hybridized carbons (Fsp3) is 0. The summed E-state index contributed by atoms with van der Waals surface area (Å²) in [5, 5.41) is 18.0. The Morgan fingerprint density at radius 2 is 2.05 bits per heavy atom. The normalized spacial score (nSPS) is 11.6. The van der Waals surface area contributed by atoms with E-state index < -0.39 is 25.5 Å². The summed E-state index contributed by atoms with van der Waals surface area (Å²) in [6.07, 6.45) is 1.32. The Kier molecular flexibility index (Phi) is 4.11. The Labute approximate surface area is 118 Å². The van der Waals surface area contributed by atoms with Crippen LogP contribution in [0.25, 0.3) is 0 Å². The first-order valence-electron chi connectivity index (χ1n) is 5.31. The summed E-state index contributed by atoms with van der Waals surface area (Å²) in [5.41, 5.74) is 0.242. The molecule has 104 valence electrons. The van der Waals surface area contributed by atoms with Gasteiger partial charge in [0.2, 0.25) is 0 Å². The van der Waals surface area contributed by atoms with E-state index in [1.165, 1.54) is 29.7 Å². The molecule has 1 heterocycles. The Morgan fingerprint density at radius 3 is 2.70 bits per heavy atom. The van der Waals surface area contributed by atoms with E-state index in [9.17, 15) is 18.5 Å². The molecule has 0 unspecified atom stereocenters. The molecule has 0 amide bonds. The van der Waals surface area contributed by atoms with Gasteiger partial charge in [0.05, 0.1) is 11.1 Å². The van der Waals surface area contributed by atoms with Crippen LogP contribution in [0.3, 0.4) is 0 Å². The summed E-state index contributed by atoms with van der Waals surface area (Å²) in [7, 11) is -4.08. The zero-order valence-electron chi connectivity index (χ0n) is 9.96. The van der Waals surface area contributed by atoms with Crippen LogP contribution in [0.15, 0.2) is 51.1 Å². The second-order valence-corrected chi connectivity index (χ2v) is 6.04. The maximum atomic E-state index is 12.0.